The second kappa shape index (κ2) is 11.0. The van der Waals surface area contributed by atoms with Gasteiger partial charge in [0.25, 0.3) is 5.56 Å². The van der Waals surface area contributed by atoms with Crippen LogP contribution in [0.4, 0.5) is 13.2 Å². The van der Waals surface area contributed by atoms with E-state index < -0.39 is 11.7 Å². The molecule has 11 heteroatoms. The summed E-state index contributed by atoms with van der Waals surface area (Å²) in [6.07, 6.45) is 1.87. The third-order valence-electron chi connectivity index (χ3n) is 5.56. The molecule has 2 heterocycles. The van der Waals surface area contributed by atoms with Crippen LogP contribution in [0.25, 0.3) is 0 Å². The van der Waals surface area contributed by atoms with Gasteiger partial charge in [-0.1, -0.05) is 23.7 Å². The Morgan fingerprint density at radius 2 is 1.65 bits per heavy atom. The number of benzene rings is 2. The van der Waals surface area contributed by atoms with E-state index in [1.807, 2.05) is 23.7 Å². The van der Waals surface area contributed by atoms with Crippen molar-refractivity contribution in [3.63, 3.8) is 0 Å². The number of rotatable bonds is 8. The lowest BCUT2D eigenvalue weighted by molar-refractivity contribution is -0.137. The van der Waals surface area contributed by atoms with E-state index in [1.54, 1.807) is 30.7 Å². The average molecular weight is 531 g/mol. The lowest BCUT2D eigenvalue weighted by atomic mass is 10.1. The maximum atomic E-state index is 13.1. The maximum absolute atomic E-state index is 13.1. The zero-order valence-electron chi connectivity index (χ0n) is 19.9. The molecule has 7 nitrogen and oxygen atoms in total. The molecule has 0 atom stereocenters. The van der Waals surface area contributed by atoms with Crippen molar-refractivity contribution in [2.45, 2.75) is 25.4 Å². The lowest BCUT2D eigenvalue weighted by Gasteiger charge is -2.12. The molecule has 0 aliphatic heterocycles. The molecule has 0 aliphatic carbocycles. The minimum Gasteiger partial charge on any atom is -0.467 e. The Bertz CT molecular complexity index is 1440. The van der Waals surface area contributed by atoms with Crippen molar-refractivity contribution >= 4 is 11.6 Å². The predicted octanol–water partition coefficient (Wildman–Crippen LogP) is 5.42. The molecule has 0 N–H and O–H groups in total. The first-order chi connectivity index (χ1) is 17.6. The fourth-order valence-corrected chi connectivity index (χ4v) is 3.87. The number of hydrogen-bond acceptors (Lipinski definition) is 6. The fourth-order valence-electron chi connectivity index (χ4n) is 3.65. The molecular weight excluding hydrogens is 509 g/mol. The zero-order chi connectivity index (χ0) is 26.6. The highest BCUT2D eigenvalue weighted by atomic mass is 35.5. The van der Waals surface area contributed by atoms with E-state index in [9.17, 15) is 18.0 Å². The van der Waals surface area contributed by atoms with Crippen LogP contribution in [-0.4, -0.2) is 26.6 Å². The Hall–Kier alpha value is -3.92. The van der Waals surface area contributed by atoms with Crippen molar-refractivity contribution in [1.82, 2.24) is 19.5 Å². The Kier molecular flexibility index (Phi) is 7.77. The number of halogens is 4. The number of aromatic nitrogens is 4. The van der Waals surface area contributed by atoms with Crippen LogP contribution in [0.3, 0.4) is 0 Å². The monoisotopic (exact) mass is 530 g/mol. The van der Waals surface area contributed by atoms with Crippen LogP contribution < -0.4 is 15.0 Å². The molecule has 0 bridgehead atoms. The summed E-state index contributed by atoms with van der Waals surface area (Å²) >= 11 is 5.65. The van der Waals surface area contributed by atoms with E-state index in [0.717, 1.165) is 23.3 Å². The van der Waals surface area contributed by atoms with E-state index >= 15 is 0 Å². The molecule has 0 aliphatic rings. The summed E-state index contributed by atoms with van der Waals surface area (Å²) < 4.78 is 51.5. The fraction of sp³-hybridized carbons (Fsp3) is 0.231. The van der Waals surface area contributed by atoms with Crippen molar-refractivity contribution < 1.29 is 22.6 Å². The Balaban J connectivity index is 1.39. The zero-order valence-corrected chi connectivity index (χ0v) is 20.7. The van der Waals surface area contributed by atoms with Crippen molar-refractivity contribution in [2.75, 3.05) is 7.11 Å². The summed E-state index contributed by atoms with van der Waals surface area (Å²) in [6.45, 7) is 0. The van der Waals surface area contributed by atoms with E-state index in [1.165, 1.54) is 13.2 Å². The second-order valence-corrected chi connectivity index (χ2v) is 8.65. The van der Waals surface area contributed by atoms with E-state index in [-0.39, 0.29) is 22.3 Å². The number of aryl methyl sites for hydroxylation is 3. The Morgan fingerprint density at radius 1 is 0.973 bits per heavy atom. The molecule has 37 heavy (non-hydrogen) atoms. The van der Waals surface area contributed by atoms with Gasteiger partial charge in [-0.25, -0.2) is 9.97 Å². The van der Waals surface area contributed by atoms with Gasteiger partial charge >= 0.3 is 12.2 Å². The van der Waals surface area contributed by atoms with Crippen molar-refractivity contribution in [1.29, 1.82) is 0 Å². The first kappa shape index (κ1) is 26.2. The summed E-state index contributed by atoms with van der Waals surface area (Å²) in [5, 5.41) is -0.388. The minimum absolute atomic E-state index is 0.0324. The van der Waals surface area contributed by atoms with Gasteiger partial charge < -0.3 is 14.0 Å². The first-order valence-corrected chi connectivity index (χ1v) is 11.5. The molecule has 0 fully saturated rings. The van der Waals surface area contributed by atoms with Crippen molar-refractivity contribution in [2.24, 2.45) is 7.05 Å². The van der Waals surface area contributed by atoms with Gasteiger partial charge in [0.15, 0.2) is 0 Å². The Morgan fingerprint density at radius 3 is 2.30 bits per heavy atom. The van der Waals surface area contributed by atoms with Crippen LogP contribution in [0.5, 0.6) is 17.5 Å². The summed E-state index contributed by atoms with van der Waals surface area (Å²) in [5.74, 6) is 1.04. The largest absolute Gasteiger partial charge is 0.467 e. The van der Waals surface area contributed by atoms with E-state index in [2.05, 4.69) is 15.0 Å². The summed E-state index contributed by atoms with van der Waals surface area (Å²) in [7, 11) is 3.31. The average Bonchev–Trinajstić information content (AvgIpc) is 2.87. The number of alkyl halides is 3. The normalized spacial score (nSPS) is 11.4. The second-order valence-electron chi connectivity index (χ2n) is 8.24. The third-order valence-corrected chi connectivity index (χ3v) is 5.89. The van der Waals surface area contributed by atoms with Crippen LogP contribution in [0.2, 0.25) is 5.02 Å². The molecule has 192 valence electrons. The number of hydrogen-bond donors (Lipinski definition) is 0. The summed E-state index contributed by atoms with van der Waals surface area (Å²) in [6, 6.07) is 10.6. The number of methoxy groups -OCH3 is 1. The molecule has 0 unspecified atom stereocenters. The maximum Gasteiger partial charge on any atom is 0.417 e. The quantitative estimate of drug-likeness (QED) is 0.303. The molecular formula is C26H22ClF3N4O3. The van der Waals surface area contributed by atoms with E-state index in [0.29, 0.717) is 36.4 Å². The van der Waals surface area contributed by atoms with Gasteiger partial charge in [-0.3, -0.25) is 4.79 Å². The third kappa shape index (κ3) is 6.65. The molecule has 0 amide bonds. The predicted molar refractivity (Wildman–Crippen MR) is 131 cm³/mol. The smallest absolute Gasteiger partial charge is 0.417 e. The van der Waals surface area contributed by atoms with Gasteiger partial charge in [-0.15, -0.1) is 0 Å². The Labute approximate surface area is 215 Å². The number of nitrogens with zero attached hydrogens (tertiary/aromatic N) is 4. The van der Waals surface area contributed by atoms with Crippen molar-refractivity contribution in [3.05, 3.63) is 105 Å². The van der Waals surface area contributed by atoms with Crippen LogP contribution >= 0.6 is 11.6 Å². The standard InChI is InChI=1S/C26H22ClF3N4O3/c1-34-15-18(11-17-13-31-25(36-2)32-14-17)24(35)33-23(34)10-5-16-3-6-19(7-4-16)37-20-8-9-22(27)21(12-20)26(28,29)30/h3-4,6-9,12-15H,5,10-11H2,1-2H3. The lowest BCUT2D eigenvalue weighted by Crippen LogP contribution is -2.21. The van der Waals surface area contributed by atoms with Crippen molar-refractivity contribution in [3.8, 4) is 17.5 Å². The van der Waals surface area contributed by atoms with Crippen LogP contribution in [0, 0.1) is 0 Å². The van der Waals surface area contributed by atoms with Crippen LogP contribution in [0.15, 0.2) is 65.8 Å². The SMILES string of the molecule is COc1ncc(Cc2cn(C)c(CCc3ccc(Oc4ccc(Cl)c(C(F)(F)F)c4)cc3)nc2=O)cn1. The molecule has 2 aromatic heterocycles. The topological polar surface area (TPSA) is 79.1 Å². The van der Waals surface area contributed by atoms with Gasteiger partial charge in [0.1, 0.15) is 17.3 Å². The van der Waals surface area contributed by atoms with Crippen LogP contribution in [-0.2, 0) is 32.5 Å². The highest BCUT2D eigenvalue weighted by Crippen LogP contribution is 2.37. The minimum atomic E-state index is -4.57. The molecule has 4 aromatic rings. The molecule has 0 saturated carbocycles. The van der Waals surface area contributed by atoms with E-state index in [4.69, 9.17) is 21.1 Å². The molecule has 4 rings (SSSR count). The molecule has 2 aromatic carbocycles. The highest BCUT2D eigenvalue weighted by molar-refractivity contribution is 6.31. The van der Waals surface area contributed by atoms with Gasteiger partial charge in [0, 0.05) is 44.0 Å². The van der Waals surface area contributed by atoms with Crippen LogP contribution in [0.1, 0.15) is 28.1 Å². The van der Waals surface area contributed by atoms with Gasteiger partial charge in [0.05, 0.1) is 17.7 Å². The molecule has 0 radical (unpaired) electrons. The van der Waals surface area contributed by atoms with Gasteiger partial charge in [-0.2, -0.15) is 18.2 Å². The summed E-state index contributed by atoms with van der Waals surface area (Å²) in [4.78, 5) is 24.9. The molecule has 0 saturated heterocycles. The first-order valence-electron chi connectivity index (χ1n) is 11.2. The van der Waals surface area contributed by atoms with Gasteiger partial charge in [0.2, 0.25) is 0 Å². The molecule has 0 spiro atoms. The summed E-state index contributed by atoms with van der Waals surface area (Å²) in [5.41, 5.74) is 0.979. The highest BCUT2D eigenvalue weighted by Gasteiger charge is 2.33. The number of ether oxygens (including phenoxy) is 2. The van der Waals surface area contributed by atoms with Gasteiger partial charge in [-0.05, 0) is 47.9 Å².